The summed E-state index contributed by atoms with van der Waals surface area (Å²) in [7, 11) is 3.86. The van der Waals surface area contributed by atoms with Crippen LogP contribution < -0.4 is 9.80 Å². The predicted octanol–water partition coefficient (Wildman–Crippen LogP) is 0.504. The van der Waals surface area contributed by atoms with Crippen LogP contribution in [0.1, 0.15) is 12.8 Å². The van der Waals surface area contributed by atoms with Gasteiger partial charge in [0.1, 0.15) is 5.82 Å². The van der Waals surface area contributed by atoms with Gasteiger partial charge in [-0.15, -0.1) is 0 Å². The first-order valence-electron chi connectivity index (χ1n) is 5.60. The van der Waals surface area contributed by atoms with Gasteiger partial charge in [-0.3, -0.25) is 0 Å². The van der Waals surface area contributed by atoms with Crippen LogP contribution in [0.25, 0.3) is 0 Å². The molecule has 1 aliphatic heterocycles. The minimum atomic E-state index is -0.147. The van der Waals surface area contributed by atoms with E-state index < -0.39 is 0 Å². The molecule has 5 heteroatoms. The van der Waals surface area contributed by atoms with E-state index in [9.17, 15) is 5.11 Å². The van der Waals surface area contributed by atoms with Crippen molar-refractivity contribution in [3.8, 4) is 0 Å². The van der Waals surface area contributed by atoms with Crippen LogP contribution in [0.15, 0.2) is 12.3 Å². The molecule has 5 nitrogen and oxygen atoms in total. The Morgan fingerprint density at radius 3 is 2.69 bits per heavy atom. The molecule has 1 aromatic heterocycles. The Hall–Kier alpha value is -1.36. The highest BCUT2D eigenvalue weighted by Gasteiger charge is 2.18. The number of aliphatic hydroxyl groups excluding tert-OH is 1. The average Bonchev–Trinajstić information content (AvgIpc) is 2.30. The number of aliphatic hydroxyl groups is 1. The summed E-state index contributed by atoms with van der Waals surface area (Å²) >= 11 is 0. The van der Waals surface area contributed by atoms with Crippen molar-refractivity contribution in [3.05, 3.63) is 12.3 Å². The molecule has 16 heavy (non-hydrogen) atoms. The van der Waals surface area contributed by atoms with Crippen molar-refractivity contribution in [3.63, 3.8) is 0 Å². The highest BCUT2D eigenvalue weighted by Crippen LogP contribution is 2.18. The summed E-state index contributed by atoms with van der Waals surface area (Å²) in [6.45, 7) is 1.73. The maximum atomic E-state index is 9.45. The fourth-order valence-electron chi connectivity index (χ4n) is 1.83. The van der Waals surface area contributed by atoms with Gasteiger partial charge >= 0.3 is 0 Å². The van der Waals surface area contributed by atoms with Gasteiger partial charge in [0, 0.05) is 33.4 Å². The van der Waals surface area contributed by atoms with Crippen LogP contribution in [-0.4, -0.2) is 48.4 Å². The zero-order valence-electron chi connectivity index (χ0n) is 9.80. The Labute approximate surface area is 95.7 Å². The second-order valence-corrected chi connectivity index (χ2v) is 4.33. The Morgan fingerprint density at radius 1 is 1.38 bits per heavy atom. The standard InChI is InChI=1S/C11H18N4O/c1-14(2)11-12-6-3-10(13-11)15-7-4-9(16)5-8-15/h3,6,9,16H,4-5,7-8H2,1-2H3. The van der Waals surface area contributed by atoms with E-state index in [0.717, 1.165) is 37.7 Å². The first-order valence-corrected chi connectivity index (χ1v) is 5.60. The minimum absolute atomic E-state index is 0.147. The summed E-state index contributed by atoms with van der Waals surface area (Å²) in [5.74, 6) is 1.68. The van der Waals surface area contributed by atoms with Crippen LogP contribution in [0.4, 0.5) is 11.8 Å². The molecule has 0 saturated carbocycles. The van der Waals surface area contributed by atoms with Gasteiger partial charge in [-0.05, 0) is 18.9 Å². The summed E-state index contributed by atoms with van der Waals surface area (Å²) in [4.78, 5) is 12.8. The Bertz CT molecular complexity index is 348. The Balaban J connectivity index is 2.11. The maximum absolute atomic E-state index is 9.45. The van der Waals surface area contributed by atoms with Crippen LogP contribution in [0.5, 0.6) is 0 Å². The maximum Gasteiger partial charge on any atom is 0.226 e. The molecule has 1 aromatic rings. The van der Waals surface area contributed by atoms with Crippen molar-refractivity contribution < 1.29 is 5.11 Å². The number of hydrogen-bond donors (Lipinski definition) is 1. The topological polar surface area (TPSA) is 52.5 Å². The first-order chi connectivity index (χ1) is 7.66. The number of aromatic nitrogens is 2. The molecule has 0 atom stereocenters. The molecule has 0 aromatic carbocycles. The molecule has 0 unspecified atom stereocenters. The van der Waals surface area contributed by atoms with Crippen molar-refractivity contribution >= 4 is 11.8 Å². The van der Waals surface area contributed by atoms with E-state index in [-0.39, 0.29) is 6.10 Å². The molecular weight excluding hydrogens is 204 g/mol. The van der Waals surface area contributed by atoms with Gasteiger partial charge < -0.3 is 14.9 Å². The van der Waals surface area contributed by atoms with Gasteiger partial charge in [0.25, 0.3) is 0 Å². The van der Waals surface area contributed by atoms with Crippen molar-refractivity contribution in [2.45, 2.75) is 18.9 Å². The van der Waals surface area contributed by atoms with E-state index in [4.69, 9.17) is 0 Å². The lowest BCUT2D eigenvalue weighted by atomic mass is 10.1. The van der Waals surface area contributed by atoms with Crippen LogP contribution in [0.2, 0.25) is 0 Å². The van der Waals surface area contributed by atoms with E-state index in [1.54, 1.807) is 6.20 Å². The fourth-order valence-corrected chi connectivity index (χ4v) is 1.83. The third kappa shape index (κ3) is 2.41. The molecule has 0 amide bonds. The lowest BCUT2D eigenvalue weighted by Crippen LogP contribution is -2.36. The minimum Gasteiger partial charge on any atom is -0.393 e. The monoisotopic (exact) mass is 222 g/mol. The van der Waals surface area contributed by atoms with E-state index in [1.165, 1.54) is 0 Å². The molecule has 88 valence electrons. The highest BCUT2D eigenvalue weighted by atomic mass is 16.3. The second kappa shape index (κ2) is 4.65. The van der Waals surface area contributed by atoms with Crippen LogP contribution in [0, 0.1) is 0 Å². The molecule has 2 rings (SSSR count). The summed E-state index contributed by atoms with van der Waals surface area (Å²) in [6.07, 6.45) is 3.28. The molecule has 2 heterocycles. The van der Waals surface area contributed by atoms with E-state index >= 15 is 0 Å². The summed E-state index contributed by atoms with van der Waals surface area (Å²) in [5.41, 5.74) is 0. The number of piperidine rings is 1. The van der Waals surface area contributed by atoms with E-state index in [1.807, 2.05) is 25.1 Å². The molecular formula is C11H18N4O. The number of nitrogens with zero attached hydrogens (tertiary/aromatic N) is 4. The molecule has 0 radical (unpaired) electrons. The zero-order chi connectivity index (χ0) is 11.5. The van der Waals surface area contributed by atoms with Gasteiger partial charge in [-0.25, -0.2) is 4.98 Å². The van der Waals surface area contributed by atoms with Crippen molar-refractivity contribution in [2.24, 2.45) is 0 Å². The number of rotatable bonds is 2. The molecule has 1 saturated heterocycles. The molecule has 1 N–H and O–H groups in total. The zero-order valence-corrected chi connectivity index (χ0v) is 9.80. The highest BCUT2D eigenvalue weighted by molar-refractivity contribution is 5.43. The molecule has 1 fully saturated rings. The first kappa shape index (κ1) is 11.1. The molecule has 0 bridgehead atoms. The van der Waals surface area contributed by atoms with Crippen LogP contribution >= 0.6 is 0 Å². The summed E-state index contributed by atoms with van der Waals surface area (Å²) < 4.78 is 0. The summed E-state index contributed by atoms with van der Waals surface area (Å²) in [6, 6.07) is 1.92. The fraction of sp³-hybridized carbons (Fsp3) is 0.636. The third-order valence-electron chi connectivity index (χ3n) is 2.82. The van der Waals surface area contributed by atoms with Gasteiger partial charge in [-0.2, -0.15) is 4.98 Å². The van der Waals surface area contributed by atoms with Crippen molar-refractivity contribution in [1.29, 1.82) is 0 Å². The lowest BCUT2D eigenvalue weighted by molar-refractivity contribution is 0.145. The number of hydrogen-bond acceptors (Lipinski definition) is 5. The van der Waals surface area contributed by atoms with E-state index in [2.05, 4.69) is 14.9 Å². The van der Waals surface area contributed by atoms with Crippen LogP contribution in [0.3, 0.4) is 0 Å². The van der Waals surface area contributed by atoms with E-state index in [0.29, 0.717) is 0 Å². The van der Waals surface area contributed by atoms with Gasteiger partial charge in [0.2, 0.25) is 5.95 Å². The van der Waals surface area contributed by atoms with Gasteiger partial charge in [0.05, 0.1) is 6.10 Å². The quantitative estimate of drug-likeness (QED) is 0.790. The Kier molecular flexibility index (Phi) is 3.24. The predicted molar refractivity (Wildman–Crippen MR) is 63.8 cm³/mol. The van der Waals surface area contributed by atoms with Crippen molar-refractivity contribution in [1.82, 2.24) is 9.97 Å². The summed E-state index contributed by atoms with van der Waals surface area (Å²) in [5, 5.41) is 9.45. The second-order valence-electron chi connectivity index (χ2n) is 4.33. The largest absolute Gasteiger partial charge is 0.393 e. The lowest BCUT2D eigenvalue weighted by Gasteiger charge is -2.30. The molecule has 0 aliphatic carbocycles. The normalized spacial score (nSPS) is 17.6. The van der Waals surface area contributed by atoms with Gasteiger partial charge in [-0.1, -0.05) is 0 Å². The van der Waals surface area contributed by atoms with Gasteiger partial charge in [0.15, 0.2) is 0 Å². The third-order valence-corrected chi connectivity index (χ3v) is 2.82. The SMILES string of the molecule is CN(C)c1nccc(N2CCC(O)CC2)n1. The number of anilines is 2. The molecule has 1 aliphatic rings. The Morgan fingerprint density at radius 2 is 2.06 bits per heavy atom. The van der Waals surface area contributed by atoms with Crippen LogP contribution in [-0.2, 0) is 0 Å². The van der Waals surface area contributed by atoms with Crippen molar-refractivity contribution in [2.75, 3.05) is 37.0 Å². The average molecular weight is 222 g/mol. The molecule has 0 spiro atoms. The smallest absolute Gasteiger partial charge is 0.226 e.